The molecule has 3 amide bonds. The molecule has 0 atom stereocenters. The quantitative estimate of drug-likeness (QED) is 0.784. The lowest BCUT2D eigenvalue weighted by molar-refractivity contribution is -0.140. The average Bonchev–Trinajstić information content (AvgIpc) is 2.74. The number of alkyl halides is 2. The fraction of sp³-hybridized carbons (Fsp3) is 0.769. The summed E-state index contributed by atoms with van der Waals surface area (Å²) in [6.45, 7) is -0.765. The summed E-state index contributed by atoms with van der Waals surface area (Å²) in [6, 6.07) is -0.899. The van der Waals surface area contributed by atoms with E-state index >= 15 is 0 Å². The van der Waals surface area contributed by atoms with Gasteiger partial charge in [0.2, 0.25) is 5.91 Å². The molecule has 1 rings (SSSR count). The number of rotatable bonds is 6. The lowest BCUT2D eigenvalue weighted by Crippen LogP contribution is -2.44. The summed E-state index contributed by atoms with van der Waals surface area (Å²) in [7, 11) is 1.16. The monoisotopic (exact) mass is 306 g/mol. The Morgan fingerprint density at radius 3 is 2.29 bits per heavy atom. The highest BCUT2D eigenvalue weighted by Crippen LogP contribution is 2.43. The summed E-state index contributed by atoms with van der Waals surface area (Å²) in [5.74, 6) is -1.60. The Kier molecular flexibility index (Phi) is 6.04. The Hall–Kier alpha value is -1.73. The molecule has 0 bridgehead atoms. The van der Waals surface area contributed by atoms with E-state index in [9.17, 15) is 23.2 Å². The van der Waals surface area contributed by atoms with Crippen molar-refractivity contribution in [1.29, 1.82) is 0 Å². The van der Waals surface area contributed by atoms with Crippen LogP contribution >= 0.6 is 0 Å². The van der Waals surface area contributed by atoms with Crippen molar-refractivity contribution >= 4 is 17.9 Å². The Labute approximate surface area is 121 Å². The third-order valence-corrected chi connectivity index (χ3v) is 3.73. The topological polar surface area (TPSA) is 86.7 Å². The zero-order valence-electron chi connectivity index (χ0n) is 11.9. The van der Waals surface area contributed by atoms with Gasteiger partial charge in [0, 0.05) is 13.5 Å². The molecule has 0 aromatic heterocycles. The third kappa shape index (κ3) is 5.65. The van der Waals surface area contributed by atoms with Crippen LogP contribution in [0.1, 0.15) is 38.5 Å². The van der Waals surface area contributed by atoms with Gasteiger partial charge in [-0.2, -0.15) is 0 Å². The fourth-order valence-electron chi connectivity index (χ4n) is 2.75. The van der Waals surface area contributed by atoms with E-state index in [-0.39, 0.29) is 12.8 Å². The normalized spacial score (nSPS) is 16.8. The highest BCUT2D eigenvalue weighted by atomic mass is 19.3. The highest BCUT2D eigenvalue weighted by Gasteiger charge is 2.38. The van der Waals surface area contributed by atoms with Gasteiger partial charge in [-0.15, -0.1) is 0 Å². The maximum absolute atomic E-state index is 12.1. The number of carbonyl (C=O) groups is 3. The number of nitrogens with zero attached hydrogens (tertiary/aromatic N) is 1. The number of hydrogen-bond donors (Lipinski definition) is 2. The van der Waals surface area contributed by atoms with Crippen molar-refractivity contribution in [1.82, 2.24) is 10.2 Å². The minimum atomic E-state index is -2.68. The zero-order chi connectivity index (χ0) is 16.0. The molecule has 0 aromatic carbocycles. The van der Waals surface area contributed by atoms with E-state index in [4.69, 9.17) is 5.11 Å². The van der Waals surface area contributed by atoms with E-state index in [1.54, 1.807) is 0 Å². The number of carbonyl (C=O) groups excluding carboxylic acids is 2. The summed E-state index contributed by atoms with van der Waals surface area (Å²) in [5.41, 5.74) is -0.627. The van der Waals surface area contributed by atoms with Crippen LogP contribution in [0.25, 0.3) is 0 Å². The summed E-state index contributed by atoms with van der Waals surface area (Å²) in [4.78, 5) is 35.0. The summed E-state index contributed by atoms with van der Waals surface area (Å²) in [6.07, 6.45) is 0.0555. The largest absolute Gasteiger partial charge is 0.481 e. The van der Waals surface area contributed by atoms with Gasteiger partial charge in [0.05, 0.1) is 13.0 Å². The van der Waals surface area contributed by atoms with Gasteiger partial charge in [0.25, 0.3) is 6.43 Å². The first kappa shape index (κ1) is 17.3. The van der Waals surface area contributed by atoms with Crippen molar-refractivity contribution in [3.05, 3.63) is 0 Å². The predicted octanol–water partition coefficient (Wildman–Crippen LogP) is 1.84. The van der Waals surface area contributed by atoms with Crippen molar-refractivity contribution in [2.24, 2.45) is 5.41 Å². The summed E-state index contributed by atoms with van der Waals surface area (Å²) in [5, 5.41) is 11.0. The molecule has 0 spiro atoms. The van der Waals surface area contributed by atoms with Crippen LogP contribution in [-0.4, -0.2) is 47.9 Å². The molecule has 21 heavy (non-hydrogen) atoms. The molecule has 0 unspecified atom stereocenters. The van der Waals surface area contributed by atoms with Gasteiger partial charge in [0.15, 0.2) is 0 Å². The van der Waals surface area contributed by atoms with E-state index in [1.807, 2.05) is 5.32 Å². The Balaban J connectivity index is 2.54. The Bertz CT molecular complexity index is 409. The minimum Gasteiger partial charge on any atom is -0.481 e. The van der Waals surface area contributed by atoms with Crippen molar-refractivity contribution < 1.29 is 28.3 Å². The van der Waals surface area contributed by atoms with Crippen LogP contribution in [0.3, 0.4) is 0 Å². The maximum atomic E-state index is 12.1. The number of carboxylic acid groups (broad SMARTS) is 1. The molecule has 1 aliphatic carbocycles. The van der Waals surface area contributed by atoms with E-state index in [2.05, 4.69) is 0 Å². The van der Waals surface area contributed by atoms with Gasteiger partial charge >= 0.3 is 12.0 Å². The second-order valence-electron chi connectivity index (χ2n) is 5.58. The van der Waals surface area contributed by atoms with Crippen molar-refractivity contribution in [3.8, 4) is 0 Å². The van der Waals surface area contributed by atoms with Crippen molar-refractivity contribution in [3.63, 3.8) is 0 Å². The molecule has 0 aliphatic heterocycles. The molecule has 0 aromatic rings. The van der Waals surface area contributed by atoms with Gasteiger partial charge < -0.3 is 10.0 Å². The van der Waals surface area contributed by atoms with Crippen molar-refractivity contribution in [2.75, 3.05) is 13.6 Å². The van der Waals surface area contributed by atoms with Crippen LogP contribution in [0.5, 0.6) is 0 Å². The van der Waals surface area contributed by atoms with Crippen LogP contribution in [0, 0.1) is 5.41 Å². The number of halogens is 2. The van der Waals surface area contributed by atoms with Crippen molar-refractivity contribution in [2.45, 2.75) is 45.0 Å². The summed E-state index contributed by atoms with van der Waals surface area (Å²) < 4.78 is 24.3. The van der Waals surface area contributed by atoms with Gasteiger partial charge in [-0.05, 0) is 18.3 Å². The molecule has 8 heteroatoms. The summed E-state index contributed by atoms with van der Waals surface area (Å²) >= 11 is 0. The molecular weight excluding hydrogens is 286 g/mol. The molecule has 1 fully saturated rings. The van der Waals surface area contributed by atoms with Crippen LogP contribution in [0.2, 0.25) is 0 Å². The molecule has 2 N–H and O–H groups in total. The minimum absolute atomic E-state index is 0.0758. The van der Waals surface area contributed by atoms with Gasteiger partial charge in [-0.3, -0.25) is 14.9 Å². The van der Waals surface area contributed by atoms with Gasteiger partial charge in [-0.25, -0.2) is 13.6 Å². The molecular formula is C13H20F2N2O4. The second-order valence-corrected chi connectivity index (χ2v) is 5.58. The number of hydrogen-bond acceptors (Lipinski definition) is 3. The van der Waals surface area contributed by atoms with E-state index in [0.717, 1.165) is 24.8 Å². The number of urea groups is 1. The van der Waals surface area contributed by atoms with E-state index in [1.165, 1.54) is 0 Å². The number of nitrogens with one attached hydrogen (secondary N) is 1. The molecule has 0 saturated heterocycles. The SMILES string of the molecule is CN(CC(F)F)C(=O)NC(=O)CC1(CC(=O)O)CCCC1. The number of imide groups is 1. The molecule has 0 heterocycles. The molecule has 0 radical (unpaired) electrons. The van der Waals surface area contributed by atoms with E-state index in [0.29, 0.717) is 12.8 Å². The first-order valence-electron chi connectivity index (χ1n) is 6.79. The van der Waals surface area contributed by atoms with E-state index < -0.39 is 36.3 Å². The Morgan fingerprint density at radius 2 is 1.81 bits per heavy atom. The maximum Gasteiger partial charge on any atom is 0.323 e. The lowest BCUT2D eigenvalue weighted by atomic mass is 9.79. The molecule has 1 saturated carbocycles. The number of amides is 3. The third-order valence-electron chi connectivity index (χ3n) is 3.73. The fourth-order valence-corrected chi connectivity index (χ4v) is 2.75. The second kappa shape index (κ2) is 7.33. The number of aliphatic carboxylic acids is 1. The van der Waals surface area contributed by atoms with Crippen LogP contribution in [-0.2, 0) is 9.59 Å². The molecule has 120 valence electrons. The van der Waals surface area contributed by atoms with Crippen LogP contribution in [0.4, 0.5) is 13.6 Å². The number of carboxylic acids is 1. The standard InChI is InChI=1S/C13H20F2N2O4/c1-17(8-9(14)15)12(21)16-10(18)6-13(7-11(19)20)4-2-3-5-13/h9H,2-8H2,1H3,(H,19,20)(H,16,18,21). The molecule has 6 nitrogen and oxygen atoms in total. The smallest absolute Gasteiger partial charge is 0.323 e. The van der Waals surface area contributed by atoms with Crippen LogP contribution in [0.15, 0.2) is 0 Å². The van der Waals surface area contributed by atoms with Gasteiger partial charge in [0.1, 0.15) is 0 Å². The Morgan fingerprint density at radius 1 is 1.24 bits per heavy atom. The van der Waals surface area contributed by atoms with Gasteiger partial charge in [-0.1, -0.05) is 12.8 Å². The highest BCUT2D eigenvalue weighted by molar-refractivity contribution is 5.94. The predicted molar refractivity (Wildman–Crippen MR) is 69.9 cm³/mol. The average molecular weight is 306 g/mol. The lowest BCUT2D eigenvalue weighted by Gasteiger charge is -2.26. The first-order chi connectivity index (χ1) is 9.74. The zero-order valence-corrected chi connectivity index (χ0v) is 11.9. The van der Waals surface area contributed by atoms with Crippen LogP contribution < -0.4 is 5.32 Å². The molecule has 1 aliphatic rings. The first-order valence-corrected chi connectivity index (χ1v) is 6.79.